The highest BCUT2D eigenvalue weighted by Crippen LogP contribution is 2.66. The summed E-state index contributed by atoms with van der Waals surface area (Å²) in [4.78, 5) is 13.4. The zero-order chi connectivity index (χ0) is 20.8. The molecule has 1 aromatic heterocycles. The Balaban J connectivity index is 1.37. The molecule has 7 heteroatoms. The Morgan fingerprint density at radius 2 is 1.90 bits per heavy atom. The molecule has 0 saturated heterocycles. The second-order valence-electron chi connectivity index (χ2n) is 9.64. The Labute approximate surface area is 177 Å². The smallest absolute Gasteiger partial charge is 0.312 e. The highest BCUT2D eigenvalue weighted by molar-refractivity contribution is 5.78. The van der Waals surface area contributed by atoms with E-state index >= 15 is 0 Å². The van der Waals surface area contributed by atoms with Crippen molar-refractivity contribution in [1.29, 1.82) is 0 Å². The molecule has 4 fully saturated rings. The number of hydrogen-bond acceptors (Lipinski definition) is 6. The summed E-state index contributed by atoms with van der Waals surface area (Å²) in [5, 5.41) is 11.8. The fourth-order valence-electron chi connectivity index (χ4n) is 6.78. The summed E-state index contributed by atoms with van der Waals surface area (Å²) in [5.74, 6) is 2.65. The Kier molecular flexibility index (Phi) is 4.79. The molecule has 30 heavy (non-hydrogen) atoms. The van der Waals surface area contributed by atoms with Crippen molar-refractivity contribution < 1.29 is 14.3 Å². The molecule has 0 amide bonds. The van der Waals surface area contributed by atoms with Crippen LogP contribution in [0.4, 0.5) is 0 Å². The lowest BCUT2D eigenvalue weighted by Crippen LogP contribution is -2.57. The van der Waals surface area contributed by atoms with E-state index < -0.39 is 0 Å². The third-order valence-corrected chi connectivity index (χ3v) is 7.57. The number of aryl methyl sites for hydroxylation is 1. The van der Waals surface area contributed by atoms with Gasteiger partial charge in [0.05, 0.1) is 12.5 Å². The van der Waals surface area contributed by atoms with Crippen molar-refractivity contribution >= 4 is 5.97 Å². The SMILES string of the molecule is CCCn1nnnc1COC(=O)C12C[C@H]3C[C@@H](C1)CC(c1ccc(OC)cc1)(C3)C2. The van der Waals surface area contributed by atoms with Gasteiger partial charge in [-0.05, 0) is 90.3 Å². The van der Waals surface area contributed by atoms with E-state index in [4.69, 9.17) is 9.47 Å². The Hall–Kier alpha value is -2.44. The number of esters is 1. The van der Waals surface area contributed by atoms with E-state index in [0.29, 0.717) is 17.7 Å². The van der Waals surface area contributed by atoms with Crippen molar-refractivity contribution in [1.82, 2.24) is 20.2 Å². The molecule has 0 N–H and O–H groups in total. The third-order valence-electron chi connectivity index (χ3n) is 7.57. The molecule has 160 valence electrons. The average Bonchev–Trinajstić information content (AvgIpc) is 3.18. The van der Waals surface area contributed by atoms with E-state index in [2.05, 4.69) is 34.6 Å². The summed E-state index contributed by atoms with van der Waals surface area (Å²) in [5.41, 5.74) is 1.06. The van der Waals surface area contributed by atoms with Crippen molar-refractivity contribution in [3.05, 3.63) is 35.7 Å². The van der Waals surface area contributed by atoms with E-state index in [1.54, 1.807) is 11.8 Å². The van der Waals surface area contributed by atoms with Crippen LogP contribution in [0.5, 0.6) is 5.75 Å². The van der Waals surface area contributed by atoms with Gasteiger partial charge in [-0.3, -0.25) is 4.79 Å². The number of carbonyl (C=O) groups excluding carboxylic acids is 1. The third kappa shape index (κ3) is 3.19. The van der Waals surface area contributed by atoms with Gasteiger partial charge in [0.15, 0.2) is 12.4 Å². The van der Waals surface area contributed by atoms with E-state index in [0.717, 1.165) is 38.0 Å². The Bertz CT molecular complexity index is 909. The van der Waals surface area contributed by atoms with Gasteiger partial charge in [0, 0.05) is 6.54 Å². The molecule has 0 aliphatic heterocycles. The van der Waals surface area contributed by atoms with Crippen molar-refractivity contribution in [2.75, 3.05) is 7.11 Å². The van der Waals surface area contributed by atoms with E-state index in [1.807, 2.05) is 12.1 Å². The number of methoxy groups -OCH3 is 1. The molecule has 2 aromatic rings. The van der Waals surface area contributed by atoms with Gasteiger partial charge < -0.3 is 9.47 Å². The molecule has 7 nitrogen and oxygen atoms in total. The number of nitrogens with zero attached hydrogens (tertiary/aromatic N) is 4. The minimum Gasteiger partial charge on any atom is -0.497 e. The quantitative estimate of drug-likeness (QED) is 0.648. The summed E-state index contributed by atoms with van der Waals surface area (Å²) in [6, 6.07) is 8.49. The first-order chi connectivity index (χ1) is 14.6. The van der Waals surface area contributed by atoms with E-state index in [9.17, 15) is 4.79 Å². The number of ether oxygens (including phenoxy) is 2. The fraction of sp³-hybridized carbons (Fsp3) is 0.652. The maximum Gasteiger partial charge on any atom is 0.312 e. The van der Waals surface area contributed by atoms with Crippen LogP contribution >= 0.6 is 0 Å². The number of tetrazole rings is 1. The number of rotatable bonds is 7. The van der Waals surface area contributed by atoms with Gasteiger partial charge in [-0.2, -0.15) is 0 Å². The molecule has 1 heterocycles. The molecular formula is C23H30N4O3. The van der Waals surface area contributed by atoms with Crippen LogP contribution in [0.15, 0.2) is 24.3 Å². The summed E-state index contributed by atoms with van der Waals surface area (Å²) >= 11 is 0. The summed E-state index contributed by atoms with van der Waals surface area (Å²) < 4.78 is 12.9. The highest BCUT2D eigenvalue weighted by Gasteiger charge is 2.61. The van der Waals surface area contributed by atoms with Gasteiger partial charge in [-0.15, -0.1) is 5.10 Å². The van der Waals surface area contributed by atoms with Crippen LogP contribution in [0.1, 0.15) is 63.3 Å². The number of aromatic nitrogens is 4. The minimum absolute atomic E-state index is 0.0551. The van der Waals surface area contributed by atoms with Crippen LogP contribution in [0.2, 0.25) is 0 Å². The normalized spacial score (nSPS) is 31.7. The van der Waals surface area contributed by atoms with Crippen molar-refractivity contribution in [3.63, 3.8) is 0 Å². The average molecular weight is 411 g/mol. The maximum atomic E-state index is 13.4. The zero-order valence-electron chi connectivity index (χ0n) is 17.8. The summed E-state index contributed by atoms with van der Waals surface area (Å²) in [6.07, 6.45) is 7.35. The minimum atomic E-state index is -0.368. The molecule has 4 aliphatic carbocycles. The van der Waals surface area contributed by atoms with Gasteiger partial charge in [0.2, 0.25) is 0 Å². The molecule has 6 rings (SSSR count). The first-order valence-corrected chi connectivity index (χ1v) is 11.1. The van der Waals surface area contributed by atoms with Crippen LogP contribution in [0.3, 0.4) is 0 Å². The molecule has 4 saturated carbocycles. The second-order valence-corrected chi connectivity index (χ2v) is 9.64. The van der Waals surface area contributed by atoms with E-state index in [1.165, 1.54) is 24.8 Å². The molecular weight excluding hydrogens is 380 g/mol. The lowest BCUT2D eigenvalue weighted by molar-refractivity contribution is -0.175. The van der Waals surface area contributed by atoms with Crippen LogP contribution < -0.4 is 4.74 Å². The van der Waals surface area contributed by atoms with E-state index in [-0.39, 0.29) is 23.4 Å². The fourth-order valence-corrected chi connectivity index (χ4v) is 6.78. The first-order valence-electron chi connectivity index (χ1n) is 11.1. The van der Waals surface area contributed by atoms with Gasteiger partial charge in [-0.1, -0.05) is 19.1 Å². The lowest BCUT2D eigenvalue weighted by Gasteiger charge is -2.61. The molecule has 0 radical (unpaired) electrons. The van der Waals surface area contributed by atoms with Crippen LogP contribution in [-0.2, 0) is 28.1 Å². The number of carbonyl (C=O) groups is 1. The Morgan fingerprint density at radius 1 is 1.17 bits per heavy atom. The zero-order valence-corrected chi connectivity index (χ0v) is 17.8. The number of hydrogen-bond donors (Lipinski definition) is 0. The second kappa shape index (κ2) is 7.36. The lowest BCUT2D eigenvalue weighted by atomic mass is 9.43. The van der Waals surface area contributed by atoms with Gasteiger partial charge in [-0.25, -0.2) is 4.68 Å². The van der Waals surface area contributed by atoms with Gasteiger partial charge in [0.1, 0.15) is 5.75 Å². The molecule has 4 bridgehead atoms. The van der Waals surface area contributed by atoms with Crippen molar-refractivity contribution in [3.8, 4) is 5.75 Å². The number of benzene rings is 1. The van der Waals surface area contributed by atoms with Gasteiger partial charge in [0.25, 0.3) is 0 Å². The van der Waals surface area contributed by atoms with Gasteiger partial charge >= 0.3 is 5.97 Å². The molecule has 0 spiro atoms. The molecule has 2 unspecified atom stereocenters. The van der Waals surface area contributed by atoms with Crippen LogP contribution in [-0.4, -0.2) is 33.3 Å². The maximum absolute atomic E-state index is 13.4. The summed E-state index contributed by atoms with van der Waals surface area (Å²) in [6.45, 7) is 2.96. The van der Waals surface area contributed by atoms with Crippen LogP contribution in [0, 0.1) is 17.3 Å². The predicted molar refractivity (Wildman–Crippen MR) is 110 cm³/mol. The molecule has 1 aromatic carbocycles. The molecule has 4 aliphatic rings. The highest BCUT2D eigenvalue weighted by atomic mass is 16.5. The van der Waals surface area contributed by atoms with Crippen molar-refractivity contribution in [2.45, 2.75) is 70.4 Å². The summed E-state index contributed by atoms with van der Waals surface area (Å²) in [7, 11) is 1.70. The topological polar surface area (TPSA) is 79.1 Å². The Morgan fingerprint density at radius 3 is 2.57 bits per heavy atom. The monoisotopic (exact) mass is 410 g/mol. The first kappa shape index (κ1) is 19.5. The predicted octanol–water partition coefficient (Wildman–Crippen LogP) is 3.67. The molecule has 4 atom stereocenters. The van der Waals surface area contributed by atoms with Crippen LogP contribution in [0.25, 0.3) is 0 Å². The van der Waals surface area contributed by atoms with Crippen molar-refractivity contribution in [2.24, 2.45) is 17.3 Å². The standard InChI is InChI=1S/C23H30N4O3/c1-3-8-27-20(24-25-26-27)14-30-21(28)23-12-16-9-17(13-23)11-22(10-16,15-23)18-4-6-19(29-2)7-5-18/h4-7,16-17H,3,8-15H2,1-2H3/t16-,17+,22?,23?. The largest absolute Gasteiger partial charge is 0.497 e.